The first-order valence-electron chi connectivity index (χ1n) is 5.73. The first-order valence-corrected chi connectivity index (χ1v) is 6.14. The van der Waals surface area contributed by atoms with Crippen LogP contribution in [0, 0.1) is 0 Å². The largest absolute Gasteiger partial charge is 0.388 e. The van der Waals surface area contributed by atoms with Crippen molar-refractivity contribution < 1.29 is 0 Å². The molecule has 0 aliphatic rings. The van der Waals surface area contributed by atoms with E-state index in [9.17, 15) is 0 Å². The Labute approximate surface area is 111 Å². The zero-order chi connectivity index (χ0) is 12.8. The molecule has 0 saturated heterocycles. The predicted molar refractivity (Wildman–Crippen MR) is 75.5 cm³/mol. The molecule has 3 N–H and O–H groups in total. The highest BCUT2D eigenvalue weighted by atomic mass is 32.1. The monoisotopic (exact) mass is 261 g/mol. The lowest BCUT2D eigenvalue weighted by molar-refractivity contribution is 0.592. The normalized spacial score (nSPS) is 10.2. The van der Waals surface area contributed by atoms with Gasteiger partial charge in [0.2, 0.25) is 0 Å². The molecule has 0 saturated carbocycles. The first kappa shape index (κ1) is 12.5. The summed E-state index contributed by atoms with van der Waals surface area (Å²) in [6.07, 6.45) is 6.38. The first-order chi connectivity index (χ1) is 8.77. The SMILES string of the molecule is NC(=S)c1ncccc1NCCCn1cccn1. The minimum absolute atomic E-state index is 0.310. The van der Waals surface area contributed by atoms with Gasteiger partial charge in [0.05, 0.1) is 5.69 Å². The third-order valence-corrected chi connectivity index (χ3v) is 2.67. The van der Waals surface area contributed by atoms with Crippen LogP contribution in [0.2, 0.25) is 0 Å². The number of nitrogens with one attached hydrogen (secondary N) is 1. The van der Waals surface area contributed by atoms with Crippen molar-refractivity contribution in [3.05, 3.63) is 42.5 Å². The molecule has 0 amide bonds. The van der Waals surface area contributed by atoms with E-state index in [-0.39, 0.29) is 0 Å². The molecule has 0 unspecified atom stereocenters. The van der Waals surface area contributed by atoms with Gasteiger partial charge in [-0.2, -0.15) is 5.10 Å². The van der Waals surface area contributed by atoms with E-state index in [1.807, 2.05) is 29.1 Å². The Morgan fingerprint density at radius 3 is 3.00 bits per heavy atom. The quantitative estimate of drug-likeness (QED) is 0.608. The van der Waals surface area contributed by atoms with Gasteiger partial charge in [-0.25, -0.2) is 0 Å². The fourth-order valence-electron chi connectivity index (χ4n) is 1.64. The molecule has 5 nitrogen and oxygen atoms in total. The number of rotatable bonds is 6. The second-order valence-electron chi connectivity index (χ2n) is 3.81. The highest BCUT2D eigenvalue weighted by Crippen LogP contribution is 2.11. The van der Waals surface area contributed by atoms with Gasteiger partial charge in [-0.05, 0) is 24.6 Å². The molecule has 94 valence electrons. The molecule has 2 rings (SSSR count). The Kier molecular flexibility index (Phi) is 4.25. The lowest BCUT2D eigenvalue weighted by Gasteiger charge is -2.09. The van der Waals surface area contributed by atoms with Gasteiger partial charge >= 0.3 is 0 Å². The number of nitrogens with zero attached hydrogens (tertiary/aromatic N) is 3. The summed E-state index contributed by atoms with van der Waals surface area (Å²) in [5.41, 5.74) is 7.14. The zero-order valence-electron chi connectivity index (χ0n) is 9.91. The van der Waals surface area contributed by atoms with Gasteiger partial charge in [0.25, 0.3) is 0 Å². The molecular formula is C12H15N5S. The van der Waals surface area contributed by atoms with Crippen molar-refractivity contribution in [2.45, 2.75) is 13.0 Å². The molecule has 0 bridgehead atoms. The molecule has 0 spiro atoms. The van der Waals surface area contributed by atoms with E-state index in [4.69, 9.17) is 18.0 Å². The third-order valence-electron chi connectivity index (χ3n) is 2.48. The zero-order valence-corrected chi connectivity index (χ0v) is 10.7. The van der Waals surface area contributed by atoms with Crippen LogP contribution in [0.3, 0.4) is 0 Å². The van der Waals surface area contributed by atoms with Gasteiger partial charge in [0.15, 0.2) is 0 Å². The van der Waals surface area contributed by atoms with E-state index >= 15 is 0 Å². The number of nitrogens with two attached hydrogens (primary N) is 1. The summed E-state index contributed by atoms with van der Waals surface area (Å²) in [5.74, 6) is 0. The molecule has 2 aromatic rings. The fraction of sp³-hybridized carbons (Fsp3) is 0.250. The van der Waals surface area contributed by atoms with Crippen LogP contribution in [0.15, 0.2) is 36.8 Å². The van der Waals surface area contributed by atoms with Crippen LogP contribution in [-0.4, -0.2) is 26.3 Å². The number of anilines is 1. The summed E-state index contributed by atoms with van der Waals surface area (Å²) in [5, 5.41) is 7.43. The second-order valence-corrected chi connectivity index (χ2v) is 4.25. The maximum absolute atomic E-state index is 5.61. The molecule has 6 heteroatoms. The van der Waals surface area contributed by atoms with Crippen molar-refractivity contribution in [3.63, 3.8) is 0 Å². The second kappa shape index (κ2) is 6.11. The summed E-state index contributed by atoms with van der Waals surface area (Å²) in [6.45, 7) is 1.70. The van der Waals surface area contributed by atoms with Crippen molar-refractivity contribution in [1.29, 1.82) is 0 Å². The number of hydrogen-bond acceptors (Lipinski definition) is 4. The van der Waals surface area contributed by atoms with Crippen molar-refractivity contribution in [3.8, 4) is 0 Å². The van der Waals surface area contributed by atoms with Crippen molar-refractivity contribution in [2.75, 3.05) is 11.9 Å². The molecule has 18 heavy (non-hydrogen) atoms. The average molecular weight is 261 g/mol. The van der Waals surface area contributed by atoms with Crippen LogP contribution < -0.4 is 11.1 Å². The predicted octanol–water partition coefficient (Wildman–Crippen LogP) is 1.41. The molecule has 0 aromatic carbocycles. The minimum atomic E-state index is 0.310. The van der Waals surface area contributed by atoms with Gasteiger partial charge in [0.1, 0.15) is 10.7 Å². The topological polar surface area (TPSA) is 68.8 Å². The van der Waals surface area contributed by atoms with Gasteiger partial charge in [-0.1, -0.05) is 12.2 Å². The molecule has 0 aliphatic heterocycles. The lowest BCUT2D eigenvalue weighted by atomic mass is 10.3. The van der Waals surface area contributed by atoms with Crippen LogP contribution in [0.4, 0.5) is 5.69 Å². The van der Waals surface area contributed by atoms with Crippen LogP contribution in [0.5, 0.6) is 0 Å². The highest BCUT2D eigenvalue weighted by Gasteiger charge is 2.04. The Bertz CT molecular complexity index is 509. The van der Waals surface area contributed by atoms with E-state index in [2.05, 4.69) is 15.4 Å². The number of pyridine rings is 1. The van der Waals surface area contributed by atoms with Gasteiger partial charge < -0.3 is 11.1 Å². The van der Waals surface area contributed by atoms with Gasteiger partial charge in [-0.3, -0.25) is 9.67 Å². The maximum atomic E-state index is 5.61. The Hall–Kier alpha value is -1.95. The van der Waals surface area contributed by atoms with E-state index in [0.717, 1.165) is 25.2 Å². The summed E-state index contributed by atoms with van der Waals surface area (Å²) < 4.78 is 1.90. The average Bonchev–Trinajstić information content (AvgIpc) is 2.88. The number of aromatic nitrogens is 3. The van der Waals surface area contributed by atoms with E-state index in [1.54, 1.807) is 12.4 Å². The minimum Gasteiger partial charge on any atom is -0.388 e. The molecule has 2 heterocycles. The summed E-state index contributed by atoms with van der Waals surface area (Å²) in [6, 6.07) is 5.70. The maximum Gasteiger partial charge on any atom is 0.124 e. The number of aryl methyl sites for hydroxylation is 1. The summed E-state index contributed by atoms with van der Waals surface area (Å²) in [4.78, 5) is 4.47. The summed E-state index contributed by atoms with van der Waals surface area (Å²) >= 11 is 4.95. The lowest BCUT2D eigenvalue weighted by Crippen LogP contribution is -2.16. The molecule has 0 atom stereocenters. The molecule has 2 aromatic heterocycles. The smallest absolute Gasteiger partial charge is 0.124 e. The van der Waals surface area contributed by atoms with E-state index in [1.165, 1.54) is 0 Å². The van der Waals surface area contributed by atoms with Crippen molar-refractivity contribution in [2.24, 2.45) is 5.73 Å². The molecule has 0 aliphatic carbocycles. The third kappa shape index (κ3) is 3.27. The molecular weight excluding hydrogens is 246 g/mol. The molecule has 0 fully saturated rings. The Balaban J connectivity index is 1.85. The highest BCUT2D eigenvalue weighted by molar-refractivity contribution is 7.80. The van der Waals surface area contributed by atoms with Gasteiger partial charge in [-0.15, -0.1) is 0 Å². The van der Waals surface area contributed by atoms with Crippen molar-refractivity contribution >= 4 is 22.9 Å². The molecule has 0 radical (unpaired) electrons. The number of hydrogen-bond donors (Lipinski definition) is 2. The fourth-order valence-corrected chi connectivity index (χ4v) is 1.80. The van der Waals surface area contributed by atoms with E-state index < -0.39 is 0 Å². The summed E-state index contributed by atoms with van der Waals surface area (Å²) in [7, 11) is 0. The van der Waals surface area contributed by atoms with Crippen LogP contribution >= 0.6 is 12.2 Å². The van der Waals surface area contributed by atoms with Crippen LogP contribution in [-0.2, 0) is 6.54 Å². The van der Waals surface area contributed by atoms with Crippen molar-refractivity contribution in [1.82, 2.24) is 14.8 Å². The van der Waals surface area contributed by atoms with Crippen LogP contribution in [0.25, 0.3) is 0 Å². The number of thiocarbonyl (C=S) groups is 1. The Morgan fingerprint density at radius 1 is 1.39 bits per heavy atom. The van der Waals surface area contributed by atoms with Gasteiger partial charge in [0, 0.05) is 31.7 Å². The Morgan fingerprint density at radius 2 is 2.28 bits per heavy atom. The van der Waals surface area contributed by atoms with Crippen LogP contribution in [0.1, 0.15) is 12.1 Å². The standard InChI is InChI=1S/C12H15N5S/c13-12(18)11-10(4-1-5-15-11)14-6-2-8-17-9-3-7-16-17/h1,3-5,7,9,14H,2,6,8H2,(H2,13,18). The van der Waals surface area contributed by atoms with E-state index in [0.29, 0.717) is 10.7 Å².